The Balaban J connectivity index is 1.79. The maximum absolute atomic E-state index is 12.2. The number of halogens is 1. The van der Waals surface area contributed by atoms with Gasteiger partial charge in [0.25, 0.3) is 0 Å². The molecule has 1 aliphatic rings. The van der Waals surface area contributed by atoms with Crippen LogP contribution >= 0.6 is 11.6 Å². The molecule has 0 radical (unpaired) electrons. The first-order chi connectivity index (χ1) is 9.70. The van der Waals surface area contributed by atoms with Crippen LogP contribution in [0.25, 0.3) is 0 Å². The maximum Gasteiger partial charge on any atom is 0.226 e. The average Bonchev–Trinajstić information content (AvgIpc) is 2.47. The topological polar surface area (TPSA) is 29.5 Å². The lowest BCUT2D eigenvalue weighted by atomic mass is 10.0. The smallest absolute Gasteiger partial charge is 0.226 e. The Morgan fingerprint density at radius 1 is 1.45 bits per heavy atom. The lowest BCUT2D eigenvalue weighted by Gasteiger charge is -2.34. The van der Waals surface area contributed by atoms with E-state index in [2.05, 4.69) is 0 Å². The predicted octanol–water partition coefficient (Wildman–Crippen LogP) is 3.38. The van der Waals surface area contributed by atoms with Gasteiger partial charge in [-0.25, -0.2) is 0 Å². The van der Waals surface area contributed by atoms with E-state index in [1.54, 1.807) is 0 Å². The molecule has 1 aliphatic heterocycles. The van der Waals surface area contributed by atoms with Crippen LogP contribution in [0.4, 0.5) is 0 Å². The second-order valence-electron chi connectivity index (χ2n) is 5.31. The number of ether oxygens (including phenoxy) is 1. The Labute approximate surface area is 125 Å². The van der Waals surface area contributed by atoms with E-state index in [-0.39, 0.29) is 11.9 Å². The van der Waals surface area contributed by atoms with Gasteiger partial charge in [0.15, 0.2) is 0 Å². The molecule has 2 rings (SSSR count). The molecule has 0 saturated carbocycles. The van der Waals surface area contributed by atoms with Gasteiger partial charge in [0.05, 0.1) is 13.0 Å². The molecule has 1 amide bonds. The summed E-state index contributed by atoms with van der Waals surface area (Å²) in [5, 5.41) is 0. The van der Waals surface area contributed by atoms with Gasteiger partial charge in [0.1, 0.15) is 5.75 Å². The van der Waals surface area contributed by atoms with E-state index in [1.807, 2.05) is 36.1 Å². The number of nitrogens with zero attached hydrogens (tertiary/aromatic N) is 1. The fourth-order valence-electron chi connectivity index (χ4n) is 2.59. The van der Waals surface area contributed by atoms with Crippen molar-refractivity contribution in [2.75, 3.05) is 19.0 Å². The molecule has 1 atom stereocenters. The summed E-state index contributed by atoms with van der Waals surface area (Å²) in [5.41, 5.74) is 1.16. The quantitative estimate of drug-likeness (QED) is 0.779. The zero-order valence-electron chi connectivity index (χ0n) is 12.0. The Morgan fingerprint density at radius 2 is 2.30 bits per heavy atom. The third-order valence-electron chi connectivity index (χ3n) is 3.70. The van der Waals surface area contributed by atoms with E-state index < -0.39 is 0 Å². The van der Waals surface area contributed by atoms with Gasteiger partial charge < -0.3 is 9.64 Å². The molecule has 0 spiro atoms. The summed E-state index contributed by atoms with van der Waals surface area (Å²) < 4.78 is 5.64. The van der Waals surface area contributed by atoms with Crippen molar-refractivity contribution in [1.82, 2.24) is 4.90 Å². The van der Waals surface area contributed by atoms with Crippen molar-refractivity contribution in [3.63, 3.8) is 0 Å². The fourth-order valence-corrected chi connectivity index (χ4v) is 2.92. The van der Waals surface area contributed by atoms with Gasteiger partial charge in [-0.2, -0.15) is 0 Å². The number of carbonyl (C=O) groups excluding carboxylic acids is 1. The van der Waals surface area contributed by atoms with Crippen LogP contribution in [0.1, 0.15) is 31.2 Å². The number of aryl methyl sites for hydroxylation is 1. The molecule has 1 aromatic carbocycles. The van der Waals surface area contributed by atoms with E-state index in [4.69, 9.17) is 16.3 Å². The number of hydrogen-bond donors (Lipinski definition) is 0. The van der Waals surface area contributed by atoms with Gasteiger partial charge in [0, 0.05) is 18.5 Å². The standard InChI is InChI=1S/C16H22ClNO2/c1-13-5-4-7-15(11-13)20-10-8-16(19)18-9-3-2-6-14(18)12-17/h4-5,7,11,14H,2-3,6,8-10,12H2,1H3. The third-order valence-corrected chi connectivity index (χ3v) is 4.06. The van der Waals surface area contributed by atoms with Crippen molar-refractivity contribution in [2.45, 2.75) is 38.6 Å². The minimum Gasteiger partial charge on any atom is -0.493 e. The van der Waals surface area contributed by atoms with Crippen LogP contribution in [0.5, 0.6) is 5.75 Å². The SMILES string of the molecule is Cc1cccc(OCCC(=O)N2CCCCC2CCl)c1. The van der Waals surface area contributed by atoms with Gasteiger partial charge >= 0.3 is 0 Å². The maximum atomic E-state index is 12.2. The second-order valence-corrected chi connectivity index (χ2v) is 5.61. The normalized spacial score (nSPS) is 18.9. The number of benzene rings is 1. The van der Waals surface area contributed by atoms with Crippen molar-refractivity contribution in [3.05, 3.63) is 29.8 Å². The highest BCUT2D eigenvalue weighted by Crippen LogP contribution is 2.19. The molecular weight excluding hydrogens is 274 g/mol. The molecule has 0 bridgehead atoms. The summed E-state index contributed by atoms with van der Waals surface area (Å²) in [6, 6.07) is 8.08. The van der Waals surface area contributed by atoms with E-state index in [0.717, 1.165) is 30.7 Å². The van der Waals surface area contributed by atoms with E-state index in [9.17, 15) is 4.79 Å². The molecule has 1 fully saturated rings. The van der Waals surface area contributed by atoms with Gasteiger partial charge in [-0.15, -0.1) is 11.6 Å². The fraction of sp³-hybridized carbons (Fsp3) is 0.562. The molecule has 1 saturated heterocycles. The minimum absolute atomic E-state index is 0.156. The number of likely N-dealkylation sites (tertiary alicyclic amines) is 1. The molecule has 0 aliphatic carbocycles. The summed E-state index contributed by atoms with van der Waals surface area (Å²) in [4.78, 5) is 14.1. The molecule has 20 heavy (non-hydrogen) atoms. The highest BCUT2D eigenvalue weighted by Gasteiger charge is 2.25. The van der Waals surface area contributed by atoms with Crippen LogP contribution in [0.15, 0.2) is 24.3 Å². The molecule has 1 unspecified atom stereocenters. The summed E-state index contributed by atoms with van der Waals surface area (Å²) in [5.74, 6) is 1.51. The average molecular weight is 296 g/mol. The number of carbonyl (C=O) groups is 1. The number of rotatable bonds is 5. The number of piperidine rings is 1. The molecule has 3 nitrogen and oxygen atoms in total. The van der Waals surface area contributed by atoms with Crippen molar-refractivity contribution in [2.24, 2.45) is 0 Å². The highest BCUT2D eigenvalue weighted by molar-refractivity contribution is 6.18. The summed E-state index contributed by atoms with van der Waals surface area (Å²) >= 11 is 5.94. The molecule has 110 valence electrons. The largest absolute Gasteiger partial charge is 0.493 e. The summed E-state index contributed by atoms with van der Waals surface area (Å²) in [6.45, 7) is 3.28. The van der Waals surface area contributed by atoms with Crippen LogP contribution in [-0.4, -0.2) is 35.9 Å². The van der Waals surface area contributed by atoms with Crippen LogP contribution in [0, 0.1) is 6.92 Å². The Hall–Kier alpha value is -1.22. The minimum atomic E-state index is 0.156. The van der Waals surface area contributed by atoms with Crippen LogP contribution < -0.4 is 4.74 Å². The first kappa shape index (κ1) is 15.2. The van der Waals surface area contributed by atoms with Gasteiger partial charge in [-0.1, -0.05) is 12.1 Å². The van der Waals surface area contributed by atoms with E-state index in [1.165, 1.54) is 6.42 Å². The zero-order chi connectivity index (χ0) is 14.4. The Morgan fingerprint density at radius 3 is 3.05 bits per heavy atom. The van der Waals surface area contributed by atoms with Crippen molar-refractivity contribution < 1.29 is 9.53 Å². The van der Waals surface area contributed by atoms with Crippen molar-refractivity contribution in [1.29, 1.82) is 0 Å². The zero-order valence-corrected chi connectivity index (χ0v) is 12.7. The monoisotopic (exact) mass is 295 g/mol. The molecule has 4 heteroatoms. The lowest BCUT2D eigenvalue weighted by molar-refractivity contribution is -0.134. The molecule has 1 heterocycles. The molecular formula is C16H22ClNO2. The highest BCUT2D eigenvalue weighted by atomic mass is 35.5. The lowest BCUT2D eigenvalue weighted by Crippen LogP contribution is -2.45. The van der Waals surface area contributed by atoms with Gasteiger partial charge in [0.2, 0.25) is 5.91 Å². The number of alkyl halides is 1. The van der Waals surface area contributed by atoms with Crippen molar-refractivity contribution in [3.8, 4) is 5.75 Å². The second kappa shape index (κ2) is 7.53. The first-order valence-corrected chi connectivity index (χ1v) is 7.79. The number of hydrogen-bond acceptors (Lipinski definition) is 2. The first-order valence-electron chi connectivity index (χ1n) is 7.25. The van der Waals surface area contributed by atoms with Gasteiger partial charge in [-0.05, 0) is 43.9 Å². The molecule has 0 aromatic heterocycles. The van der Waals surface area contributed by atoms with Crippen LogP contribution in [-0.2, 0) is 4.79 Å². The van der Waals surface area contributed by atoms with Crippen LogP contribution in [0.2, 0.25) is 0 Å². The van der Waals surface area contributed by atoms with E-state index in [0.29, 0.717) is 18.9 Å². The third kappa shape index (κ3) is 4.14. The van der Waals surface area contributed by atoms with Crippen LogP contribution in [0.3, 0.4) is 0 Å². The Bertz CT molecular complexity index is 450. The molecule has 1 aromatic rings. The molecule has 0 N–H and O–H groups in total. The number of amides is 1. The van der Waals surface area contributed by atoms with Crippen molar-refractivity contribution >= 4 is 17.5 Å². The summed E-state index contributed by atoms with van der Waals surface area (Å²) in [6.07, 6.45) is 3.69. The Kier molecular flexibility index (Phi) is 5.72. The predicted molar refractivity (Wildman–Crippen MR) is 81.4 cm³/mol. The van der Waals surface area contributed by atoms with E-state index >= 15 is 0 Å². The van der Waals surface area contributed by atoms with Gasteiger partial charge in [-0.3, -0.25) is 4.79 Å². The summed E-state index contributed by atoms with van der Waals surface area (Å²) in [7, 11) is 0.